The van der Waals surface area contributed by atoms with Crippen molar-refractivity contribution in [3.8, 4) is 11.4 Å². The van der Waals surface area contributed by atoms with Crippen molar-refractivity contribution < 1.29 is 13.9 Å². The SMILES string of the molecule is COCCN(C(=O)CCC1(c2ccc(F)cc2)c2ccccc2-c2nccn21)C(C)(C)C. The number of fused-ring (bicyclic) bond motifs is 3. The summed E-state index contributed by atoms with van der Waals surface area (Å²) in [5, 5.41) is 0. The van der Waals surface area contributed by atoms with Gasteiger partial charge in [-0.2, -0.15) is 0 Å². The highest BCUT2D eigenvalue weighted by molar-refractivity contribution is 5.78. The number of hydrogen-bond donors (Lipinski definition) is 0. The molecule has 32 heavy (non-hydrogen) atoms. The standard InChI is InChI=1S/C26H30FN3O2/c1-25(2,3)29(17-18-32-4)23(31)13-14-26(19-9-11-20(27)12-10-19)22-8-6-5-7-21(22)24-28-15-16-30(24)26/h5-12,15-16H,13-14,17-18H2,1-4H3. The molecule has 1 aromatic heterocycles. The summed E-state index contributed by atoms with van der Waals surface area (Å²) in [5.74, 6) is 0.655. The van der Waals surface area contributed by atoms with E-state index in [0.29, 0.717) is 26.0 Å². The maximum atomic E-state index is 13.8. The molecule has 1 unspecified atom stereocenters. The zero-order chi connectivity index (χ0) is 22.9. The number of benzene rings is 2. The van der Waals surface area contributed by atoms with Gasteiger partial charge in [0.05, 0.1) is 12.1 Å². The van der Waals surface area contributed by atoms with Crippen LogP contribution in [0.3, 0.4) is 0 Å². The second-order valence-corrected chi connectivity index (χ2v) is 9.24. The van der Waals surface area contributed by atoms with Crippen LogP contribution in [-0.4, -0.2) is 46.2 Å². The number of ether oxygens (including phenoxy) is 1. The Hall–Kier alpha value is -2.99. The fourth-order valence-electron chi connectivity index (χ4n) is 4.84. The molecule has 0 saturated heterocycles. The molecule has 2 heterocycles. The summed E-state index contributed by atoms with van der Waals surface area (Å²) in [6.07, 6.45) is 4.61. The van der Waals surface area contributed by atoms with E-state index >= 15 is 0 Å². The number of aromatic nitrogens is 2. The lowest BCUT2D eigenvalue weighted by atomic mass is 9.79. The molecule has 0 radical (unpaired) electrons. The normalized spacial score (nSPS) is 17.2. The van der Waals surface area contributed by atoms with Gasteiger partial charge < -0.3 is 14.2 Å². The van der Waals surface area contributed by atoms with Crippen molar-refractivity contribution >= 4 is 5.91 Å². The van der Waals surface area contributed by atoms with E-state index in [4.69, 9.17) is 4.74 Å². The third-order valence-electron chi connectivity index (χ3n) is 6.32. The fraction of sp³-hybridized carbons (Fsp3) is 0.385. The van der Waals surface area contributed by atoms with E-state index in [2.05, 4.69) is 21.7 Å². The number of methoxy groups -OCH3 is 1. The van der Waals surface area contributed by atoms with Crippen molar-refractivity contribution in [3.05, 3.63) is 77.9 Å². The van der Waals surface area contributed by atoms with E-state index in [1.54, 1.807) is 13.3 Å². The summed E-state index contributed by atoms with van der Waals surface area (Å²) in [4.78, 5) is 19.9. The van der Waals surface area contributed by atoms with Crippen molar-refractivity contribution in [2.24, 2.45) is 0 Å². The maximum Gasteiger partial charge on any atom is 0.223 e. The highest BCUT2D eigenvalue weighted by Gasteiger charge is 2.45. The molecule has 2 aromatic carbocycles. The second-order valence-electron chi connectivity index (χ2n) is 9.24. The lowest BCUT2D eigenvalue weighted by Crippen LogP contribution is -2.48. The van der Waals surface area contributed by atoms with Crippen molar-refractivity contribution in [1.29, 1.82) is 0 Å². The molecule has 1 aliphatic rings. The van der Waals surface area contributed by atoms with Gasteiger partial charge in [0.2, 0.25) is 5.91 Å². The van der Waals surface area contributed by atoms with Crippen LogP contribution in [0.1, 0.15) is 44.7 Å². The van der Waals surface area contributed by atoms with Crippen LogP contribution in [0.2, 0.25) is 0 Å². The second kappa shape index (κ2) is 8.51. The summed E-state index contributed by atoms with van der Waals surface area (Å²) in [6.45, 7) is 7.13. The van der Waals surface area contributed by atoms with Crippen LogP contribution in [0.15, 0.2) is 60.9 Å². The van der Waals surface area contributed by atoms with Gasteiger partial charge in [-0.1, -0.05) is 36.4 Å². The molecule has 168 valence electrons. The highest BCUT2D eigenvalue weighted by atomic mass is 19.1. The third-order valence-corrected chi connectivity index (χ3v) is 6.32. The predicted octanol–water partition coefficient (Wildman–Crippen LogP) is 4.85. The van der Waals surface area contributed by atoms with Crippen LogP contribution in [0.5, 0.6) is 0 Å². The summed E-state index contributed by atoms with van der Waals surface area (Å²) in [6, 6.07) is 14.7. The van der Waals surface area contributed by atoms with Gasteiger partial charge in [-0.25, -0.2) is 9.37 Å². The molecule has 0 fully saturated rings. The van der Waals surface area contributed by atoms with E-state index in [0.717, 1.165) is 22.5 Å². The van der Waals surface area contributed by atoms with Crippen molar-refractivity contribution in [2.45, 2.75) is 44.7 Å². The molecule has 1 aliphatic heterocycles. The minimum absolute atomic E-state index is 0.0714. The Labute approximate surface area is 188 Å². The summed E-state index contributed by atoms with van der Waals surface area (Å²) < 4.78 is 21.2. The molecule has 0 aliphatic carbocycles. The van der Waals surface area contributed by atoms with Crippen molar-refractivity contribution in [1.82, 2.24) is 14.5 Å². The lowest BCUT2D eigenvalue weighted by Gasteiger charge is -2.38. The molecule has 4 rings (SSSR count). The Morgan fingerprint density at radius 1 is 1.16 bits per heavy atom. The van der Waals surface area contributed by atoms with Crippen molar-refractivity contribution in [3.63, 3.8) is 0 Å². The Balaban J connectivity index is 1.77. The Morgan fingerprint density at radius 3 is 2.56 bits per heavy atom. The van der Waals surface area contributed by atoms with Crippen LogP contribution in [0.25, 0.3) is 11.4 Å². The molecule has 0 spiro atoms. The minimum atomic E-state index is -0.628. The summed E-state index contributed by atoms with van der Waals surface area (Å²) in [5.41, 5.74) is 2.13. The highest BCUT2D eigenvalue weighted by Crippen LogP contribution is 2.49. The number of carbonyl (C=O) groups is 1. The maximum absolute atomic E-state index is 13.8. The quantitative estimate of drug-likeness (QED) is 0.533. The first kappa shape index (κ1) is 22.2. The van der Waals surface area contributed by atoms with Crippen LogP contribution in [0, 0.1) is 5.82 Å². The number of halogens is 1. The number of hydrogen-bond acceptors (Lipinski definition) is 3. The first-order chi connectivity index (χ1) is 15.3. The zero-order valence-electron chi connectivity index (χ0n) is 19.1. The predicted molar refractivity (Wildman–Crippen MR) is 123 cm³/mol. The average molecular weight is 436 g/mol. The van der Waals surface area contributed by atoms with Crippen LogP contribution >= 0.6 is 0 Å². The van der Waals surface area contributed by atoms with Gasteiger partial charge in [-0.15, -0.1) is 0 Å². The first-order valence-electron chi connectivity index (χ1n) is 11.0. The van der Waals surface area contributed by atoms with E-state index in [9.17, 15) is 9.18 Å². The van der Waals surface area contributed by atoms with Crippen LogP contribution in [0.4, 0.5) is 4.39 Å². The Kier molecular flexibility index (Phi) is 5.91. The van der Waals surface area contributed by atoms with Gasteiger partial charge in [-0.05, 0) is 50.5 Å². The molecule has 0 bridgehead atoms. The molecule has 3 aromatic rings. The van der Waals surface area contributed by atoms with Gasteiger partial charge in [0.1, 0.15) is 11.6 Å². The van der Waals surface area contributed by atoms with Gasteiger partial charge in [0.25, 0.3) is 0 Å². The van der Waals surface area contributed by atoms with Gasteiger partial charge >= 0.3 is 0 Å². The van der Waals surface area contributed by atoms with Gasteiger partial charge in [-0.3, -0.25) is 4.79 Å². The third kappa shape index (κ3) is 3.73. The number of imidazole rings is 1. The molecule has 6 heteroatoms. The number of carbonyl (C=O) groups excluding carboxylic acids is 1. The van der Waals surface area contributed by atoms with Crippen LogP contribution < -0.4 is 0 Å². The molecule has 0 saturated carbocycles. The molecule has 0 N–H and O–H groups in total. The molecule has 5 nitrogen and oxygen atoms in total. The largest absolute Gasteiger partial charge is 0.383 e. The molecule has 1 amide bonds. The van der Waals surface area contributed by atoms with E-state index in [-0.39, 0.29) is 17.3 Å². The monoisotopic (exact) mass is 435 g/mol. The molecular weight excluding hydrogens is 405 g/mol. The van der Waals surface area contributed by atoms with Crippen LogP contribution in [-0.2, 0) is 15.1 Å². The fourth-order valence-corrected chi connectivity index (χ4v) is 4.84. The Morgan fingerprint density at radius 2 is 1.88 bits per heavy atom. The summed E-state index contributed by atoms with van der Waals surface area (Å²) in [7, 11) is 1.64. The summed E-state index contributed by atoms with van der Waals surface area (Å²) >= 11 is 0. The topological polar surface area (TPSA) is 47.4 Å². The van der Waals surface area contributed by atoms with Crippen molar-refractivity contribution in [2.75, 3.05) is 20.3 Å². The van der Waals surface area contributed by atoms with Gasteiger partial charge in [0, 0.05) is 43.6 Å². The number of amides is 1. The van der Waals surface area contributed by atoms with E-state index < -0.39 is 5.54 Å². The number of nitrogens with zero attached hydrogens (tertiary/aromatic N) is 3. The van der Waals surface area contributed by atoms with E-state index in [1.807, 2.05) is 56.1 Å². The number of rotatable bonds is 7. The van der Waals surface area contributed by atoms with E-state index in [1.165, 1.54) is 12.1 Å². The first-order valence-corrected chi connectivity index (χ1v) is 11.0. The molecule has 1 atom stereocenters. The average Bonchev–Trinajstić information content (AvgIpc) is 3.34. The molecular formula is C26H30FN3O2. The minimum Gasteiger partial charge on any atom is -0.383 e. The van der Waals surface area contributed by atoms with Gasteiger partial charge in [0.15, 0.2) is 0 Å². The smallest absolute Gasteiger partial charge is 0.223 e. The Bertz CT molecular complexity index is 1100. The zero-order valence-corrected chi connectivity index (χ0v) is 19.1. The lowest BCUT2D eigenvalue weighted by molar-refractivity contribution is -0.137.